The van der Waals surface area contributed by atoms with Crippen molar-refractivity contribution in [1.82, 2.24) is 4.98 Å². The van der Waals surface area contributed by atoms with Crippen LogP contribution in [0.3, 0.4) is 0 Å². The molecule has 0 fully saturated rings. The molecule has 0 aliphatic carbocycles. The van der Waals surface area contributed by atoms with E-state index in [1.54, 1.807) is 0 Å². The van der Waals surface area contributed by atoms with Crippen LogP contribution in [0.2, 0.25) is 0 Å². The minimum absolute atomic E-state index is 0.0618. The van der Waals surface area contributed by atoms with Crippen molar-refractivity contribution in [1.29, 1.82) is 0 Å². The lowest BCUT2D eigenvalue weighted by atomic mass is 9.90. The molecule has 0 saturated carbocycles. The highest BCUT2D eigenvalue weighted by atomic mass is 32.4. The normalized spacial score (nSPS) is 14.3. The second-order valence-corrected chi connectivity index (χ2v) is 22.7. The molecule has 10 rings (SSSR count). The fourth-order valence-corrected chi connectivity index (χ4v) is 15.5. The van der Waals surface area contributed by atoms with E-state index in [2.05, 4.69) is 192 Å². The lowest BCUT2D eigenvalue weighted by molar-refractivity contribution is 0.819. The average molecular weight is 780 g/mol. The van der Waals surface area contributed by atoms with Crippen molar-refractivity contribution in [2.24, 2.45) is 0 Å². The molecule has 7 aromatic carbocycles. The summed E-state index contributed by atoms with van der Waals surface area (Å²) in [5.41, 5.74) is 9.02. The Morgan fingerprint density at radius 1 is 0.455 bits per heavy atom. The summed E-state index contributed by atoms with van der Waals surface area (Å²) in [6, 6.07) is 64.3. The SMILES string of the molecule is S=P(c1ccccc1)(c1ccccc1)c1ccc(-c2ccc3c(c2)N2c4cc(P(=S)(c5ccccc5)c5ccccc5)ccc4NC2c2ccccc2-3)nc1. The molecule has 0 bridgehead atoms. The molecule has 1 unspecified atom stereocenters. The van der Waals surface area contributed by atoms with E-state index < -0.39 is 12.1 Å². The number of nitrogens with zero attached hydrogens (tertiary/aromatic N) is 2. The van der Waals surface area contributed by atoms with Gasteiger partial charge < -0.3 is 10.2 Å². The Labute approximate surface area is 332 Å². The summed E-state index contributed by atoms with van der Waals surface area (Å²) >= 11 is 13.4. The molecule has 2 aliphatic rings. The standard InChI is InChI=1S/C48H35N3P2S2/c54-52(35-15-5-1-6-16-35,36-17-7-2-8-18-36)39-26-30-45-47(32-39)51-46-31-34(25-28-42(46)41-23-13-14-24-43(41)48(51)50-45)44-29-27-40(33-49-44)53(55,37-19-9-3-10-20-37)38-21-11-4-12-22-38/h1-33,48,50H. The predicted octanol–water partition coefficient (Wildman–Crippen LogP) is 9.50. The molecule has 0 spiro atoms. The average Bonchev–Trinajstić information content (AvgIpc) is 3.67. The minimum Gasteiger partial charge on any atom is -0.359 e. The molecule has 0 amide bonds. The number of benzene rings is 7. The molecule has 3 nitrogen and oxygen atoms in total. The van der Waals surface area contributed by atoms with Crippen molar-refractivity contribution in [3.8, 4) is 22.4 Å². The summed E-state index contributed by atoms with van der Waals surface area (Å²) in [4.78, 5) is 7.59. The summed E-state index contributed by atoms with van der Waals surface area (Å²) in [5, 5.41) is 10.8. The van der Waals surface area contributed by atoms with Crippen LogP contribution < -0.4 is 42.0 Å². The summed E-state index contributed by atoms with van der Waals surface area (Å²) < 4.78 is 0. The van der Waals surface area contributed by atoms with Gasteiger partial charge >= 0.3 is 0 Å². The smallest absolute Gasteiger partial charge is 0.131 e. The van der Waals surface area contributed by atoms with Gasteiger partial charge in [-0.25, -0.2) is 0 Å². The largest absolute Gasteiger partial charge is 0.359 e. The van der Waals surface area contributed by atoms with E-state index >= 15 is 0 Å². The van der Waals surface area contributed by atoms with Crippen LogP contribution in [0.1, 0.15) is 11.7 Å². The number of hydrogen-bond acceptors (Lipinski definition) is 5. The number of aromatic nitrogens is 1. The third-order valence-electron chi connectivity index (χ3n) is 10.8. The van der Waals surface area contributed by atoms with Crippen LogP contribution >= 0.6 is 12.1 Å². The molecule has 1 N–H and O–H groups in total. The highest BCUT2D eigenvalue weighted by Crippen LogP contribution is 2.56. The summed E-state index contributed by atoms with van der Waals surface area (Å²) in [7, 11) is 0. The number of rotatable bonds is 7. The van der Waals surface area contributed by atoms with Gasteiger partial charge in [-0.05, 0) is 62.4 Å². The molecule has 0 saturated heterocycles. The molecule has 55 heavy (non-hydrogen) atoms. The monoisotopic (exact) mass is 779 g/mol. The van der Waals surface area contributed by atoms with Gasteiger partial charge in [0.2, 0.25) is 0 Å². The quantitative estimate of drug-likeness (QED) is 0.163. The van der Waals surface area contributed by atoms with Gasteiger partial charge in [0.25, 0.3) is 0 Å². The van der Waals surface area contributed by atoms with Gasteiger partial charge in [0, 0.05) is 40.3 Å². The van der Waals surface area contributed by atoms with E-state index in [1.807, 2.05) is 18.3 Å². The number of anilines is 3. The summed E-state index contributed by atoms with van der Waals surface area (Å²) in [6.45, 7) is 0. The van der Waals surface area contributed by atoms with Crippen LogP contribution in [-0.4, -0.2) is 4.98 Å². The van der Waals surface area contributed by atoms with Gasteiger partial charge in [0.1, 0.15) is 6.17 Å². The fraction of sp³-hybridized carbons (Fsp3) is 0.0208. The molecule has 1 atom stereocenters. The first-order valence-electron chi connectivity index (χ1n) is 18.4. The first-order valence-corrected chi connectivity index (χ1v) is 24.0. The van der Waals surface area contributed by atoms with Crippen molar-refractivity contribution in [2.75, 3.05) is 10.2 Å². The maximum absolute atomic E-state index is 6.80. The molecule has 8 aromatic rings. The lowest BCUT2D eigenvalue weighted by Crippen LogP contribution is -2.28. The van der Waals surface area contributed by atoms with Crippen molar-refractivity contribution < 1.29 is 0 Å². The highest BCUT2D eigenvalue weighted by molar-refractivity contribution is 8.26. The van der Waals surface area contributed by atoms with Crippen molar-refractivity contribution in [3.05, 3.63) is 206 Å². The van der Waals surface area contributed by atoms with Crippen molar-refractivity contribution in [3.63, 3.8) is 0 Å². The first-order chi connectivity index (χ1) is 27.0. The zero-order valence-electron chi connectivity index (χ0n) is 29.7. The topological polar surface area (TPSA) is 28.2 Å². The second-order valence-electron chi connectivity index (χ2n) is 13.9. The van der Waals surface area contributed by atoms with Crippen LogP contribution in [0.5, 0.6) is 0 Å². The predicted molar refractivity (Wildman–Crippen MR) is 242 cm³/mol. The Bertz CT molecular complexity index is 2710. The Balaban J connectivity index is 1.10. The van der Waals surface area contributed by atoms with E-state index in [0.717, 1.165) is 44.2 Å². The van der Waals surface area contributed by atoms with Gasteiger partial charge in [-0.2, -0.15) is 0 Å². The minimum atomic E-state index is -2.36. The summed E-state index contributed by atoms with van der Waals surface area (Å²) in [5.74, 6) is 0. The van der Waals surface area contributed by atoms with Crippen LogP contribution in [0.25, 0.3) is 22.4 Å². The van der Waals surface area contributed by atoms with Crippen molar-refractivity contribution in [2.45, 2.75) is 6.17 Å². The number of fused-ring (bicyclic) bond motifs is 8. The second kappa shape index (κ2) is 13.7. The molecule has 3 heterocycles. The third-order valence-corrected chi connectivity index (χ3v) is 20.7. The zero-order valence-corrected chi connectivity index (χ0v) is 33.2. The molecule has 2 aliphatic heterocycles. The summed E-state index contributed by atoms with van der Waals surface area (Å²) in [6.07, 6.45) is 1.94. The van der Waals surface area contributed by atoms with Crippen LogP contribution in [0.4, 0.5) is 17.1 Å². The molecular formula is C48H35N3P2S2. The van der Waals surface area contributed by atoms with Crippen LogP contribution in [0, 0.1) is 0 Å². The number of nitrogens with one attached hydrogen (secondary N) is 1. The van der Waals surface area contributed by atoms with Gasteiger partial charge in [0.15, 0.2) is 0 Å². The molecule has 7 heteroatoms. The van der Waals surface area contributed by atoms with E-state index in [0.29, 0.717) is 0 Å². The van der Waals surface area contributed by atoms with E-state index in [-0.39, 0.29) is 6.17 Å². The Morgan fingerprint density at radius 2 is 0.982 bits per heavy atom. The molecule has 264 valence electrons. The molecule has 1 aromatic heterocycles. The Morgan fingerprint density at radius 3 is 1.55 bits per heavy atom. The Hall–Kier alpha value is -5.41. The van der Waals surface area contributed by atoms with E-state index in [1.165, 1.54) is 32.6 Å². The zero-order chi connectivity index (χ0) is 37.0. The molecule has 0 radical (unpaired) electrons. The van der Waals surface area contributed by atoms with Gasteiger partial charge in [-0.1, -0.05) is 187 Å². The van der Waals surface area contributed by atoms with Gasteiger partial charge in [-0.15, -0.1) is 0 Å². The van der Waals surface area contributed by atoms with E-state index in [4.69, 9.17) is 28.6 Å². The third kappa shape index (κ3) is 5.57. The van der Waals surface area contributed by atoms with Crippen LogP contribution in [0.15, 0.2) is 200 Å². The van der Waals surface area contributed by atoms with Crippen molar-refractivity contribution >= 4 is 84.6 Å². The maximum atomic E-state index is 6.80. The number of hydrogen-bond donors (Lipinski definition) is 1. The first kappa shape index (κ1) is 34.1. The van der Waals surface area contributed by atoms with Gasteiger partial charge in [-0.3, -0.25) is 4.98 Å². The highest BCUT2D eigenvalue weighted by Gasteiger charge is 2.39. The number of pyridine rings is 1. The molecular weight excluding hydrogens is 745 g/mol. The fourth-order valence-electron chi connectivity index (χ4n) is 8.16. The van der Waals surface area contributed by atoms with E-state index in [9.17, 15) is 0 Å². The Kier molecular flexibility index (Phi) is 8.50. The lowest BCUT2D eigenvalue weighted by Gasteiger charge is -2.36. The maximum Gasteiger partial charge on any atom is 0.131 e. The van der Waals surface area contributed by atoms with Crippen LogP contribution in [-0.2, 0) is 23.6 Å². The van der Waals surface area contributed by atoms with Gasteiger partial charge in [0.05, 0.1) is 22.8 Å².